The number of hydrogen-bond donors (Lipinski definition) is 1. The van der Waals surface area contributed by atoms with Gasteiger partial charge in [0.15, 0.2) is 5.78 Å². The highest BCUT2D eigenvalue weighted by Crippen LogP contribution is 2.71. The van der Waals surface area contributed by atoms with E-state index in [1.165, 1.54) is 5.57 Å². The van der Waals surface area contributed by atoms with Crippen LogP contribution in [0.2, 0.25) is 0 Å². The van der Waals surface area contributed by atoms with Crippen molar-refractivity contribution in [1.82, 2.24) is 0 Å². The molecule has 2 heterocycles. The number of ether oxygens (including phenoxy) is 1. The van der Waals surface area contributed by atoms with Crippen molar-refractivity contribution in [2.75, 3.05) is 0 Å². The largest absolute Gasteiger partial charge is 0.391 e. The standard InChI is InChI=1S/C20H26O3/c1-10-11-5-6-14-19(4)12-7-8-18(2,3)13(12)9-15(23-19)20(14,16(10)21)17(11)22/h7,11,13-15,17,22H,1,5-6,8-9H2,2-4H3/t11-,13-,14-,15+,17+,19-,20-/m0/s1. The van der Waals surface area contributed by atoms with E-state index in [0.29, 0.717) is 11.5 Å². The number of rotatable bonds is 0. The molecule has 5 aliphatic rings. The molecule has 0 aromatic carbocycles. The molecule has 3 heteroatoms. The molecule has 3 nitrogen and oxygen atoms in total. The summed E-state index contributed by atoms with van der Waals surface area (Å²) in [7, 11) is 0. The fraction of sp³-hybridized carbons (Fsp3) is 0.750. The van der Waals surface area contributed by atoms with Gasteiger partial charge < -0.3 is 9.84 Å². The summed E-state index contributed by atoms with van der Waals surface area (Å²) in [5, 5.41) is 11.1. The van der Waals surface area contributed by atoms with Gasteiger partial charge >= 0.3 is 0 Å². The topological polar surface area (TPSA) is 46.5 Å². The summed E-state index contributed by atoms with van der Waals surface area (Å²) in [6.07, 6.45) is 5.40. The molecular weight excluding hydrogens is 288 g/mol. The second-order valence-electron chi connectivity index (χ2n) is 9.32. The minimum absolute atomic E-state index is 0.0490. The minimum atomic E-state index is -0.726. The summed E-state index contributed by atoms with van der Waals surface area (Å²) >= 11 is 0. The summed E-state index contributed by atoms with van der Waals surface area (Å²) < 4.78 is 6.56. The number of aliphatic hydroxyl groups is 1. The second kappa shape index (κ2) is 3.83. The van der Waals surface area contributed by atoms with Gasteiger partial charge in [-0.05, 0) is 55.1 Å². The number of hydrogen-bond acceptors (Lipinski definition) is 3. The number of ketones is 1. The molecule has 0 aromatic rings. The van der Waals surface area contributed by atoms with Crippen LogP contribution >= 0.6 is 0 Å². The maximum atomic E-state index is 13.2. The number of aliphatic hydroxyl groups excluding tert-OH is 1. The molecule has 3 aliphatic carbocycles. The molecule has 5 rings (SSSR count). The third-order valence-corrected chi connectivity index (χ3v) is 8.12. The minimum Gasteiger partial charge on any atom is -0.391 e. The molecule has 2 saturated heterocycles. The Bertz CT molecular complexity index is 674. The Labute approximate surface area is 137 Å². The molecule has 23 heavy (non-hydrogen) atoms. The van der Waals surface area contributed by atoms with Gasteiger partial charge in [0.1, 0.15) is 0 Å². The van der Waals surface area contributed by atoms with Crippen LogP contribution < -0.4 is 0 Å². The van der Waals surface area contributed by atoms with Crippen molar-refractivity contribution in [2.45, 2.75) is 64.3 Å². The maximum absolute atomic E-state index is 13.2. The zero-order chi connectivity index (χ0) is 16.4. The van der Waals surface area contributed by atoms with Crippen molar-refractivity contribution in [2.24, 2.45) is 28.6 Å². The Morgan fingerprint density at radius 2 is 2.04 bits per heavy atom. The number of Topliss-reactive ketones (excluding diaryl/α,β-unsaturated/α-hetero) is 1. The smallest absolute Gasteiger partial charge is 0.170 e. The molecule has 2 aliphatic heterocycles. The first-order valence-corrected chi connectivity index (χ1v) is 9.04. The molecule has 0 aromatic heterocycles. The Morgan fingerprint density at radius 3 is 2.78 bits per heavy atom. The van der Waals surface area contributed by atoms with Crippen LogP contribution in [0.3, 0.4) is 0 Å². The van der Waals surface area contributed by atoms with Crippen molar-refractivity contribution < 1.29 is 14.6 Å². The molecule has 2 saturated carbocycles. The lowest BCUT2D eigenvalue weighted by Gasteiger charge is -2.43. The number of carbonyl (C=O) groups is 1. The van der Waals surface area contributed by atoms with Crippen LogP contribution in [0.4, 0.5) is 0 Å². The van der Waals surface area contributed by atoms with E-state index in [1.807, 2.05) is 0 Å². The summed E-state index contributed by atoms with van der Waals surface area (Å²) in [4.78, 5) is 13.2. The van der Waals surface area contributed by atoms with E-state index in [9.17, 15) is 9.90 Å². The van der Waals surface area contributed by atoms with Crippen molar-refractivity contribution >= 4 is 5.78 Å². The molecule has 0 amide bonds. The molecule has 124 valence electrons. The molecule has 4 fully saturated rings. The predicted molar refractivity (Wildman–Crippen MR) is 86.7 cm³/mol. The highest BCUT2D eigenvalue weighted by molar-refractivity contribution is 6.05. The van der Waals surface area contributed by atoms with Gasteiger partial charge in [0.2, 0.25) is 0 Å². The second-order valence-corrected chi connectivity index (χ2v) is 9.32. The van der Waals surface area contributed by atoms with Crippen molar-refractivity contribution in [3.63, 3.8) is 0 Å². The third kappa shape index (κ3) is 1.29. The van der Waals surface area contributed by atoms with Gasteiger partial charge in [0, 0.05) is 11.8 Å². The number of fused-ring (bicyclic) bond motifs is 6. The molecule has 1 N–H and O–H groups in total. The van der Waals surface area contributed by atoms with Crippen LogP contribution in [0.5, 0.6) is 0 Å². The van der Waals surface area contributed by atoms with Gasteiger partial charge in [-0.2, -0.15) is 0 Å². The average molecular weight is 314 g/mol. The van der Waals surface area contributed by atoms with Crippen molar-refractivity contribution in [3.05, 3.63) is 23.8 Å². The van der Waals surface area contributed by atoms with E-state index in [-0.39, 0.29) is 34.7 Å². The van der Waals surface area contributed by atoms with Crippen molar-refractivity contribution in [1.29, 1.82) is 0 Å². The first-order valence-electron chi connectivity index (χ1n) is 9.04. The fourth-order valence-corrected chi connectivity index (χ4v) is 6.95. The quantitative estimate of drug-likeness (QED) is 0.552. The molecule has 0 unspecified atom stereocenters. The zero-order valence-corrected chi connectivity index (χ0v) is 14.3. The van der Waals surface area contributed by atoms with E-state index in [1.54, 1.807) is 0 Å². The highest BCUT2D eigenvalue weighted by Gasteiger charge is 2.77. The Morgan fingerprint density at radius 1 is 1.30 bits per heavy atom. The summed E-state index contributed by atoms with van der Waals surface area (Å²) in [6, 6.07) is 0. The number of carbonyl (C=O) groups excluding carboxylic acids is 1. The Hall–Kier alpha value is -0.930. The van der Waals surface area contributed by atoms with Gasteiger partial charge in [0.05, 0.1) is 23.2 Å². The molecule has 1 spiro atoms. The van der Waals surface area contributed by atoms with Gasteiger partial charge in [0.25, 0.3) is 0 Å². The van der Waals surface area contributed by atoms with Crippen LogP contribution in [0.25, 0.3) is 0 Å². The normalized spacial score (nSPS) is 55.7. The highest BCUT2D eigenvalue weighted by atomic mass is 16.5. The van der Waals surface area contributed by atoms with Crippen LogP contribution in [-0.4, -0.2) is 28.7 Å². The van der Waals surface area contributed by atoms with Crippen molar-refractivity contribution in [3.8, 4) is 0 Å². The van der Waals surface area contributed by atoms with Gasteiger partial charge in [-0.3, -0.25) is 4.79 Å². The monoisotopic (exact) mass is 314 g/mol. The number of allylic oxidation sites excluding steroid dienone is 1. The van der Waals surface area contributed by atoms with Crippen LogP contribution in [-0.2, 0) is 9.53 Å². The summed E-state index contributed by atoms with van der Waals surface area (Å²) in [6.45, 7) is 10.9. The summed E-state index contributed by atoms with van der Waals surface area (Å²) in [5.74, 6) is 0.624. The van der Waals surface area contributed by atoms with Gasteiger partial charge in [-0.25, -0.2) is 0 Å². The lowest BCUT2D eigenvalue weighted by Crippen LogP contribution is -2.52. The molecule has 7 atom stereocenters. The molecule has 0 radical (unpaired) electrons. The van der Waals surface area contributed by atoms with Crippen LogP contribution in [0, 0.1) is 28.6 Å². The summed E-state index contributed by atoms with van der Waals surface area (Å²) in [5.41, 5.74) is 1.17. The van der Waals surface area contributed by atoms with Gasteiger partial charge in [-0.15, -0.1) is 0 Å². The van der Waals surface area contributed by atoms with E-state index < -0.39 is 11.5 Å². The van der Waals surface area contributed by atoms with E-state index in [2.05, 4.69) is 33.4 Å². The zero-order valence-electron chi connectivity index (χ0n) is 14.3. The van der Waals surface area contributed by atoms with E-state index >= 15 is 0 Å². The molecule has 4 bridgehead atoms. The maximum Gasteiger partial charge on any atom is 0.170 e. The van der Waals surface area contributed by atoms with Crippen LogP contribution in [0.15, 0.2) is 23.8 Å². The predicted octanol–water partition coefficient (Wildman–Crippen LogP) is 3.03. The van der Waals surface area contributed by atoms with E-state index in [0.717, 1.165) is 25.7 Å². The lowest BCUT2D eigenvalue weighted by molar-refractivity contribution is -0.140. The molecular formula is C20H26O3. The van der Waals surface area contributed by atoms with Crippen LogP contribution in [0.1, 0.15) is 46.5 Å². The SMILES string of the molecule is C=C1C(=O)[C@]23[C@H](O)[C@H]1CC[C@H]2[C@@]1(C)O[C@@H]3C[C@H]2C1=CCC2(C)C. The lowest BCUT2D eigenvalue weighted by atomic mass is 9.60. The first-order chi connectivity index (χ1) is 10.7. The Kier molecular flexibility index (Phi) is 2.40. The third-order valence-electron chi connectivity index (χ3n) is 8.12. The van der Waals surface area contributed by atoms with E-state index in [4.69, 9.17) is 4.74 Å². The fourth-order valence-electron chi connectivity index (χ4n) is 6.95. The average Bonchev–Trinajstić information content (AvgIpc) is 2.94. The van der Waals surface area contributed by atoms with Gasteiger partial charge in [-0.1, -0.05) is 26.5 Å². The Balaban J connectivity index is 1.72. The first kappa shape index (κ1) is 14.4.